The number of thiazole rings is 1. The molecule has 2 rings (SSSR count). The zero-order valence-electron chi connectivity index (χ0n) is 7.23. The fourth-order valence-electron chi connectivity index (χ4n) is 1.48. The van der Waals surface area contributed by atoms with Crippen molar-refractivity contribution in [3.05, 3.63) is 16.1 Å². The van der Waals surface area contributed by atoms with Crippen LogP contribution in [0.15, 0.2) is 6.20 Å². The van der Waals surface area contributed by atoms with Gasteiger partial charge in [-0.25, -0.2) is 4.98 Å². The van der Waals surface area contributed by atoms with E-state index >= 15 is 0 Å². The Hall–Kier alpha value is -0.740. The maximum Gasteiger partial charge on any atom is 0.161 e. The van der Waals surface area contributed by atoms with Gasteiger partial charge in [-0.3, -0.25) is 4.79 Å². The van der Waals surface area contributed by atoms with Crippen LogP contribution in [0.3, 0.4) is 0 Å². The highest BCUT2D eigenvalue weighted by molar-refractivity contribution is 7.13. The molecule has 70 valence electrons. The van der Waals surface area contributed by atoms with Gasteiger partial charge < -0.3 is 4.74 Å². The van der Waals surface area contributed by atoms with E-state index in [-0.39, 0.29) is 0 Å². The predicted molar refractivity (Wildman–Crippen MR) is 50.3 cm³/mol. The third-order valence-corrected chi connectivity index (χ3v) is 3.25. The molecule has 0 aromatic carbocycles. The van der Waals surface area contributed by atoms with Crippen LogP contribution in [0.1, 0.15) is 33.4 Å². The molecule has 1 atom stereocenters. The molecule has 1 fully saturated rings. The summed E-state index contributed by atoms with van der Waals surface area (Å²) in [7, 11) is 0. The van der Waals surface area contributed by atoms with Crippen molar-refractivity contribution < 1.29 is 9.53 Å². The molecule has 1 aromatic heterocycles. The number of carbonyl (C=O) groups is 1. The lowest BCUT2D eigenvalue weighted by Crippen LogP contribution is -2.15. The third kappa shape index (κ3) is 1.95. The first-order chi connectivity index (χ1) is 6.40. The van der Waals surface area contributed by atoms with Crippen molar-refractivity contribution in [3.63, 3.8) is 0 Å². The normalized spacial score (nSPS) is 22.9. The van der Waals surface area contributed by atoms with Crippen LogP contribution < -0.4 is 0 Å². The van der Waals surface area contributed by atoms with Gasteiger partial charge in [0.15, 0.2) is 6.29 Å². The van der Waals surface area contributed by atoms with Gasteiger partial charge >= 0.3 is 0 Å². The van der Waals surface area contributed by atoms with Gasteiger partial charge in [0.05, 0.1) is 16.5 Å². The van der Waals surface area contributed by atoms with Crippen molar-refractivity contribution in [2.45, 2.75) is 18.8 Å². The number of nitrogens with zero attached hydrogens (tertiary/aromatic N) is 1. The molecule has 0 amide bonds. The number of rotatable bonds is 2. The minimum Gasteiger partial charge on any atom is -0.381 e. The highest BCUT2D eigenvalue weighted by Gasteiger charge is 2.18. The number of hydrogen-bond donors (Lipinski definition) is 0. The van der Waals surface area contributed by atoms with E-state index in [0.717, 1.165) is 37.3 Å². The van der Waals surface area contributed by atoms with E-state index in [4.69, 9.17) is 4.74 Å². The average Bonchev–Trinajstić information content (AvgIpc) is 2.67. The van der Waals surface area contributed by atoms with Gasteiger partial charge in [-0.2, -0.15) is 0 Å². The lowest BCUT2D eigenvalue weighted by atomic mass is 10.0. The van der Waals surface area contributed by atoms with Crippen molar-refractivity contribution in [1.29, 1.82) is 0 Å². The standard InChI is InChI=1S/C9H11NO2S/c11-5-8-4-10-9(13-8)7-2-1-3-12-6-7/h4-5,7H,1-3,6H2. The molecule has 0 bridgehead atoms. The van der Waals surface area contributed by atoms with Crippen molar-refractivity contribution in [1.82, 2.24) is 4.98 Å². The molecule has 0 radical (unpaired) electrons. The van der Waals surface area contributed by atoms with Crippen LogP contribution >= 0.6 is 11.3 Å². The third-order valence-electron chi connectivity index (χ3n) is 2.17. The maximum atomic E-state index is 10.4. The van der Waals surface area contributed by atoms with E-state index in [1.165, 1.54) is 11.3 Å². The summed E-state index contributed by atoms with van der Waals surface area (Å²) in [6.45, 7) is 1.62. The highest BCUT2D eigenvalue weighted by Crippen LogP contribution is 2.28. The van der Waals surface area contributed by atoms with E-state index < -0.39 is 0 Å². The topological polar surface area (TPSA) is 39.2 Å². The minimum atomic E-state index is 0.410. The van der Waals surface area contributed by atoms with Gasteiger partial charge in [0.25, 0.3) is 0 Å². The summed E-state index contributed by atoms with van der Waals surface area (Å²) in [5, 5.41) is 1.04. The quantitative estimate of drug-likeness (QED) is 0.679. The van der Waals surface area contributed by atoms with Crippen LogP contribution in [0.4, 0.5) is 0 Å². The molecular weight excluding hydrogens is 186 g/mol. The SMILES string of the molecule is O=Cc1cnc(C2CCCOC2)s1. The first-order valence-corrected chi connectivity index (χ1v) is 5.20. The summed E-state index contributed by atoms with van der Waals surface area (Å²) in [5.74, 6) is 0.410. The van der Waals surface area contributed by atoms with Gasteiger partial charge in [0.1, 0.15) is 0 Å². The zero-order valence-corrected chi connectivity index (χ0v) is 8.05. The van der Waals surface area contributed by atoms with Crippen LogP contribution in [0, 0.1) is 0 Å². The fraction of sp³-hybridized carbons (Fsp3) is 0.556. The van der Waals surface area contributed by atoms with Crippen LogP contribution in [0.5, 0.6) is 0 Å². The van der Waals surface area contributed by atoms with Gasteiger partial charge in [-0.05, 0) is 12.8 Å². The molecular formula is C9H11NO2S. The Morgan fingerprint density at radius 3 is 3.23 bits per heavy atom. The van der Waals surface area contributed by atoms with E-state index in [1.54, 1.807) is 6.20 Å². The number of ether oxygens (including phenoxy) is 1. The molecule has 13 heavy (non-hydrogen) atoms. The number of aldehydes is 1. The highest BCUT2D eigenvalue weighted by atomic mass is 32.1. The summed E-state index contributed by atoms with van der Waals surface area (Å²) in [6, 6.07) is 0. The second-order valence-electron chi connectivity index (χ2n) is 3.13. The van der Waals surface area contributed by atoms with Gasteiger partial charge in [0.2, 0.25) is 0 Å². The summed E-state index contributed by atoms with van der Waals surface area (Å²) in [6.07, 6.45) is 4.72. The molecule has 1 aromatic rings. The Morgan fingerprint density at radius 1 is 1.69 bits per heavy atom. The Labute approximate surface area is 80.8 Å². The van der Waals surface area contributed by atoms with E-state index in [1.807, 2.05) is 0 Å². The molecule has 3 nitrogen and oxygen atoms in total. The van der Waals surface area contributed by atoms with Crippen LogP contribution in [-0.2, 0) is 4.74 Å². The number of carbonyl (C=O) groups excluding carboxylic acids is 1. The smallest absolute Gasteiger partial charge is 0.161 e. The van der Waals surface area contributed by atoms with Crippen molar-refractivity contribution in [2.24, 2.45) is 0 Å². The lowest BCUT2D eigenvalue weighted by Gasteiger charge is -2.19. The first kappa shape index (κ1) is 8.84. The fourth-order valence-corrected chi connectivity index (χ4v) is 2.33. The predicted octanol–water partition coefficient (Wildman–Crippen LogP) is 1.85. The molecule has 0 spiro atoms. The number of hydrogen-bond acceptors (Lipinski definition) is 4. The summed E-state index contributed by atoms with van der Waals surface area (Å²) in [5.41, 5.74) is 0. The van der Waals surface area contributed by atoms with Crippen molar-refractivity contribution in [3.8, 4) is 0 Å². The van der Waals surface area contributed by atoms with E-state index in [0.29, 0.717) is 10.8 Å². The second-order valence-corrected chi connectivity index (χ2v) is 4.23. The number of aromatic nitrogens is 1. The monoisotopic (exact) mass is 197 g/mol. The Morgan fingerprint density at radius 2 is 2.62 bits per heavy atom. The summed E-state index contributed by atoms with van der Waals surface area (Å²) < 4.78 is 5.36. The zero-order chi connectivity index (χ0) is 9.10. The largest absolute Gasteiger partial charge is 0.381 e. The Balaban J connectivity index is 2.09. The molecule has 0 aliphatic carbocycles. The van der Waals surface area contributed by atoms with Crippen molar-refractivity contribution >= 4 is 17.6 Å². The van der Waals surface area contributed by atoms with Crippen LogP contribution in [0.25, 0.3) is 0 Å². The summed E-state index contributed by atoms with van der Waals surface area (Å²) in [4.78, 5) is 15.4. The van der Waals surface area contributed by atoms with E-state index in [9.17, 15) is 4.79 Å². The van der Waals surface area contributed by atoms with Gasteiger partial charge in [-0.15, -0.1) is 11.3 Å². The van der Waals surface area contributed by atoms with Gasteiger partial charge in [0, 0.05) is 18.7 Å². The first-order valence-electron chi connectivity index (χ1n) is 4.39. The maximum absolute atomic E-state index is 10.4. The second kappa shape index (κ2) is 3.98. The molecule has 1 aliphatic rings. The molecule has 1 saturated heterocycles. The molecule has 0 saturated carbocycles. The van der Waals surface area contributed by atoms with Gasteiger partial charge in [-0.1, -0.05) is 0 Å². The average molecular weight is 197 g/mol. The minimum absolute atomic E-state index is 0.410. The van der Waals surface area contributed by atoms with Crippen molar-refractivity contribution in [2.75, 3.05) is 13.2 Å². The van der Waals surface area contributed by atoms with Crippen LogP contribution in [-0.4, -0.2) is 24.5 Å². The van der Waals surface area contributed by atoms with E-state index in [2.05, 4.69) is 4.98 Å². The Bertz CT molecular complexity index is 292. The molecule has 0 N–H and O–H groups in total. The van der Waals surface area contributed by atoms with Crippen LogP contribution in [0.2, 0.25) is 0 Å². The Kier molecular flexibility index (Phi) is 2.71. The lowest BCUT2D eigenvalue weighted by molar-refractivity contribution is 0.0803. The molecule has 1 unspecified atom stereocenters. The summed E-state index contributed by atoms with van der Waals surface area (Å²) >= 11 is 1.48. The molecule has 1 aliphatic heterocycles. The molecule has 4 heteroatoms. The molecule has 2 heterocycles.